The molecule has 0 bridgehead atoms. The lowest BCUT2D eigenvalue weighted by atomic mass is 10.1. The molecule has 0 saturated carbocycles. The normalized spacial score (nSPS) is 11.2. The molecule has 4 heteroatoms. The second kappa shape index (κ2) is 6.26. The summed E-state index contributed by atoms with van der Waals surface area (Å²) in [6.07, 6.45) is 0.945. The molecule has 2 rings (SSSR count). The predicted molar refractivity (Wildman–Crippen MR) is 81.7 cm³/mol. The third kappa shape index (κ3) is 3.85. The van der Waals surface area contributed by atoms with Gasteiger partial charge in [0.15, 0.2) is 0 Å². The molecule has 0 aliphatic heterocycles. The van der Waals surface area contributed by atoms with Gasteiger partial charge < -0.3 is 5.32 Å². The van der Waals surface area contributed by atoms with Crippen molar-refractivity contribution in [2.75, 3.05) is 6.54 Å². The Balaban J connectivity index is 2.10. The van der Waals surface area contributed by atoms with Gasteiger partial charge >= 0.3 is 0 Å². The highest BCUT2D eigenvalue weighted by atomic mass is 32.1. The Kier molecular flexibility index (Phi) is 4.66. The Morgan fingerprint density at radius 3 is 2.74 bits per heavy atom. The topological polar surface area (TPSA) is 37.8 Å². The van der Waals surface area contributed by atoms with Crippen molar-refractivity contribution in [1.82, 2.24) is 15.5 Å². The van der Waals surface area contributed by atoms with Gasteiger partial charge in [0.05, 0.1) is 0 Å². The summed E-state index contributed by atoms with van der Waals surface area (Å²) in [5.74, 6) is 0. The van der Waals surface area contributed by atoms with Gasteiger partial charge in [0.2, 0.25) is 0 Å². The van der Waals surface area contributed by atoms with Crippen LogP contribution in [-0.4, -0.2) is 22.8 Å². The largest absolute Gasteiger partial charge is 0.314 e. The number of aryl methyl sites for hydroxylation is 2. The zero-order chi connectivity index (χ0) is 13.8. The Bertz CT molecular complexity index is 546. The average molecular weight is 275 g/mol. The number of hydrogen-bond donors (Lipinski definition) is 1. The van der Waals surface area contributed by atoms with Gasteiger partial charge in [-0.1, -0.05) is 42.9 Å². The number of benzene rings is 1. The first-order chi connectivity index (χ1) is 9.06. The summed E-state index contributed by atoms with van der Waals surface area (Å²) in [7, 11) is 0. The van der Waals surface area contributed by atoms with Crippen molar-refractivity contribution in [2.24, 2.45) is 0 Å². The van der Waals surface area contributed by atoms with Gasteiger partial charge in [0, 0.05) is 24.6 Å². The van der Waals surface area contributed by atoms with E-state index in [1.54, 1.807) is 11.3 Å². The quantitative estimate of drug-likeness (QED) is 0.909. The van der Waals surface area contributed by atoms with E-state index in [1.807, 2.05) is 0 Å². The van der Waals surface area contributed by atoms with Gasteiger partial charge in [-0.25, -0.2) is 0 Å². The molecule has 3 nitrogen and oxygen atoms in total. The molecule has 102 valence electrons. The van der Waals surface area contributed by atoms with Crippen molar-refractivity contribution in [2.45, 2.75) is 40.2 Å². The summed E-state index contributed by atoms with van der Waals surface area (Å²) in [5, 5.41) is 14.1. The minimum Gasteiger partial charge on any atom is -0.314 e. The standard InChI is InChI=1S/C15H21N3S/c1-10(2)16-8-7-14-17-18-15(19-14)13-9-11(3)5-6-12(13)4/h5-6,9-10,16H,7-8H2,1-4H3. The SMILES string of the molecule is Cc1ccc(C)c(-c2nnc(CCNC(C)C)s2)c1. The molecular weight excluding hydrogens is 254 g/mol. The smallest absolute Gasteiger partial charge is 0.148 e. The van der Waals surface area contributed by atoms with E-state index < -0.39 is 0 Å². The maximum Gasteiger partial charge on any atom is 0.148 e. The molecule has 0 atom stereocenters. The molecule has 1 heterocycles. The third-order valence-corrected chi connectivity index (χ3v) is 4.00. The van der Waals surface area contributed by atoms with Crippen LogP contribution >= 0.6 is 11.3 Å². The van der Waals surface area contributed by atoms with E-state index in [2.05, 4.69) is 61.4 Å². The van der Waals surface area contributed by atoms with E-state index in [0.29, 0.717) is 6.04 Å². The molecule has 0 unspecified atom stereocenters. The van der Waals surface area contributed by atoms with E-state index in [-0.39, 0.29) is 0 Å². The van der Waals surface area contributed by atoms with Crippen LogP contribution in [0.3, 0.4) is 0 Å². The Hall–Kier alpha value is -1.26. The minimum absolute atomic E-state index is 0.520. The summed E-state index contributed by atoms with van der Waals surface area (Å²) in [4.78, 5) is 0. The Labute approximate surface area is 119 Å². The van der Waals surface area contributed by atoms with Gasteiger partial charge in [-0.05, 0) is 25.5 Å². The Morgan fingerprint density at radius 2 is 2.00 bits per heavy atom. The summed E-state index contributed by atoms with van der Waals surface area (Å²) >= 11 is 1.70. The molecule has 0 spiro atoms. The van der Waals surface area contributed by atoms with Crippen LogP contribution in [0.15, 0.2) is 18.2 Å². The number of nitrogens with zero attached hydrogens (tertiary/aromatic N) is 2. The molecule has 0 aliphatic rings. The molecule has 1 N–H and O–H groups in total. The van der Waals surface area contributed by atoms with Crippen LogP contribution in [0, 0.1) is 13.8 Å². The van der Waals surface area contributed by atoms with Gasteiger partial charge in [-0.3, -0.25) is 0 Å². The van der Waals surface area contributed by atoms with Gasteiger partial charge in [0.25, 0.3) is 0 Å². The van der Waals surface area contributed by atoms with Crippen molar-refractivity contribution < 1.29 is 0 Å². The average Bonchev–Trinajstić information content (AvgIpc) is 2.80. The zero-order valence-electron chi connectivity index (χ0n) is 12.0. The van der Waals surface area contributed by atoms with Crippen LogP contribution in [0.1, 0.15) is 30.0 Å². The molecule has 0 fully saturated rings. The molecular formula is C15H21N3S. The zero-order valence-corrected chi connectivity index (χ0v) is 12.8. The second-order valence-corrected chi connectivity index (χ2v) is 6.24. The van der Waals surface area contributed by atoms with Crippen molar-refractivity contribution >= 4 is 11.3 Å². The van der Waals surface area contributed by atoms with Crippen molar-refractivity contribution in [3.8, 4) is 10.6 Å². The van der Waals surface area contributed by atoms with Crippen LogP contribution in [0.25, 0.3) is 10.6 Å². The van der Waals surface area contributed by atoms with E-state index in [9.17, 15) is 0 Å². The maximum atomic E-state index is 4.33. The van der Waals surface area contributed by atoms with Gasteiger partial charge in [0.1, 0.15) is 10.0 Å². The number of rotatable bonds is 5. The predicted octanol–water partition coefficient (Wildman–Crippen LogP) is 3.36. The molecule has 0 saturated heterocycles. The van der Waals surface area contributed by atoms with Crippen LogP contribution in [0.2, 0.25) is 0 Å². The molecule has 1 aromatic heterocycles. The highest BCUT2D eigenvalue weighted by Gasteiger charge is 2.09. The maximum absolute atomic E-state index is 4.33. The molecule has 0 amide bonds. The summed E-state index contributed by atoms with van der Waals surface area (Å²) in [6, 6.07) is 6.98. The lowest BCUT2D eigenvalue weighted by molar-refractivity contribution is 0.588. The summed E-state index contributed by atoms with van der Waals surface area (Å²) in [6.45, 7) is 9.50. The van der Waals surface area contributed by atoms with E-state index in [0.717, 1.165) is 23.0 Å². The number of nitrogens with one attached hydrogen (secondary N) is 1. The van der Waals surface area contributed by atoms with Crippen molar-refractivity contribution in [3.05, 3.63) is 34.3 Å². The lowest BCUT2D eigenvalue weighted by Gasteiger charge is -2.05. The molecule has 1 aromatic carbocycles. The van der Waals surface area contributed by atoms with Crippen LogP contribution in [-0.2, 0) is 6.42 Å². The van der Waals surface area contributed by atoms with E-state index in [1.165, 1.54) is 16.7 Å². The fourth-order valence-corrected chi connectivity index (χ4v) is 2.82. The van der Waals surface area contributed by atoms with E-state index >= 15 is 0 Å². The first-order valence-electron chi connectivity index (χ1n) is 6.69. The number of hydrogen-bond acceptors (Lipinski definition) is 4. The molecule has 0 radical (unpaired) electrons. The molecule has 2 aromatic rings. The fourth-order valence-electron chi connectivity index (χ4n) is 1.90. The highest BCUT2D eigenvalue weighted by Crippen LogP contribution is 2.27. The minimum atomic E-state index is 0.520. The third-order valence-electron chi connectivity index (χ3n) is 2.98. The van der Waals surface area contributed by atoms with Crippen LogP contribution in [0.5, 0.6) is 0 Å². The van der Waals surface area contributed by atoms with Gasteiger partial charge in [-0.15, -0.1) is 10.2 Å². The van der Waals surface area contributed by atoms with Crippen molar-refractivity contribution in [3.63, 3.8) is 0 Å². The molecule has 0 aliphatic carbocycles. The summed E-state index contributed by atoms with van der Waals surface area (Å²) in [5.41, 5.74) is 3.73. The van der Waals surface area contributed by atoms with Gasteiger partial charge in [-0.2, -0.15) is 0 Å². The monoisotopic (exact) mass is 275 g/mol. The van der Waals surface area contributed by atoms with Crippen molar-refractivity contribution in [1.29, 1.82) is 0 Å². The van der Waals surface area contributed by atoms with Crippen LogP contribution < -0.4 is 5.32 Å². The lowest BCUT2D eigenvalue weighted by Crippen LogP contribution is -2.24. The molecule has 19 heavy (non-hydrogen) atoms. The van der Waals surface area contributed by atoms with Crippen LogP contribution in [0.4, 0.5) is 0 Å². The first kappa shape index (κ1) is 14.2. The Morgan fingerprint density at radius 1 is 1.21 bits per heavy atom. The first-order valence-corrected chi connectivity index (χ1v) is 7.51. The number of aromatic nitrogens is 2. The fraction of sp³-hybridized carbons (Fsp3) is 0.467. The second-order valence-electron chi connectivity index (χ2n) is 5.18. The van der Waals surface area contributed by atoms with E-state index in [4.69, 9.17) is 0 Å². The summed E-state index contributed by atoms with van der Waals surface area (Å²) < 4.78 is 0. The highest BCUT2D eigenvalue weighted by molar-refractivity contribution is 7.14.